The van der Waals surface area contributed by atoms with Gasteiger partial charge in [0.1, 0.15) is 5.02 Å². The summed E-state index contributed by atoms with van der Waals surface area (Å²) in [6, 6.07) is 4.21. The third-order valence-electron chi connectivity index (χ3n) is 3.09. The molecule has 1 N–H and O–H groups in total. The first-order valence-electron chi connectivity index (χ1n) is 6.03. The van der Waals surface area contributed by atoms with Crippen molar-refractivity contribution in [1.29, 1.82) is 0 Å². The summed E-state index contributed by atoms with van der Waals surface area (Å²) in [5, 5.41) is 14.0. The number of amides is 1. The lowest BCUT2D eigenvalue weighted by molar-refractivity contribution is -0.384. The van der Waals surface area contributed by atoms with Crippen LogP contribution in [-0.2, 0) is 4.79 Å². The summed E-state index contributed by atoms with van der Waals surface area (Å²) < 4.78 is 0. The van der Waals surface area contributed by atoms with Gasteiger partial charge in [-0.25, -0.2) is 0 Å². The molecule has 1 heterocycles. The molecule has 1 fully saturated rings. The van der Waals surface area contributed by atoms with Gasteiger partial charge in [0.15, 0.2) is 0 Å². The van der Waals surface area contributed by atoms with E-state index < -0.39 is 4.92 Å². The Morgan fingerprint density at radius 1 is 1.58 bits per heavy atom. The largest absolute Gasteiger partial charge is 0.311 e. The molecular formula is C12H14ClN3O3. The third kappa shape index (κ3) is 2.69. The third-order valence-corrected chi connectivity index (χ3v) is 3.41. The fourth-order valence-electron chi connectivity index (χ4n) is 2.18. The van der Waals surface area contributed by atoms with Gasteiger partial charge in [-0.15, -0.1) is 0 Å². The second-order valence-corrected chi connectivity index (χ2v) is 4.69. The van der Waals surface area contributed by atoms with E-state index >= 15 is 0 Å². The zero-order valence-corrected chi connectivity index (χ0v) is 11.2. The Kier molecular flexibility index (Phi) is 4.01. The Labute approximate surface area is 115 Å². The number of carbonyl (C=O) groups excluding carboxylic acids is 1. The Balaban J connectivity index is 2.26. The number of nitro groups is 1. The maximum atomic E-state index is 12.1. The summed E-state index contributed by atoms with van der Waals surface area (Å²) in [5.41, 5.74) is 0.334. The summed E-state index contributed by atoms with van der Waals surface area (Å²) >= 11 is 5.76. The maximum absolute atomic E-state index is 12.1. The van der Waals surface area contributed by atoms with E-state index in [1.807, 2.05) is 6.92 Å². The van der Waals surface area contributed by atoms with E-state index in [1.165, 1.54) is 12.1 Å². The van der Waals surface area contributed by atoms with E-state index in [-0.39, 0.29) is 22.7 Å². The van der Waals surface area contributed by atoms with Gasteiger partial charge in [-0.3, -0.25) is 14.9 Å². The quantitative estimate of drug-likeness (QED) is 0.677. The SMILES string of the molecule is CCNC1CCN(c2ccc(Cl)c([N+](=O)[O-])c2)C1=O. The Bertz CT molecular complexity index is 521. The van der Waals surface area contributed by atoms with Crippen molar-refractivity contribution in [3.63, 3.8) is 0 Å². The molecule has 7 heteroatoms. The molecule has 0 radical (unpaired) electrons. The molecule has 19 heavy (non-hydrogen) atoms. The molecule has 1 atom stereocenters. The number of halogens is 1. The Morgan fingerprint density at radius 3 is 2.95 bits per heavy atom. The molecular weight excluding hydrogens is 270 g/mol. The van der Waals surface area contributed by atoms with Crippen LogP contribution in [0.25, 0.3) is 0 Å². The number of nitrogens with one attached hydrogen (secondary N) is 1. The monoisotopic (exact) mass is 283 g/mol. The topological polar surface area (TPSA) is 75.5 Å². The second-order valence-electron chi connectivity index (χ2n) is 4.28. The predicted molar refractivity (Wildman–Crippen MR) is 72.5 cm³/mol. The average Bonchev–Trinajstić information content (AvgIpc) is 2.72. The van der Waals surface area contributed by atoms with Crippen molar-refractivity contribution in [2.24, 2.45) is 0 Å². The van der Waals surface area contributed by atoms with Crippen LogP contribution in [0.5, 0.6) is 0 Å². The fraction of sp³-hybridized carbons (Fsp3) is 0.417. The van der Waals surface area contributed by atoms with Crippen molar-refractivity contribution in [1.82, 2.24) is 5.32 Å². The van der Waals surface area contributed by atoms with Crippen LogP contribution in [0.1, 0.15) is 13.3 Å². The van der Waals surface area contributed by atoms with E-state index in [1.54, 1.807) is 11.0 Å². The number of nitro benzene ring substituents is 1. The minimum atomic E-state index is -0.547. The Morgan fingerprint density at radius 2 is 2.32 bits per heavy atom. The first-order chi connectivity index (χ1) is 9.04. The van der Waals surface area contributed by atoms with Gasteiger partial charge in [0, 0.05) is 12.6 Å². The van der Waals surface area contributed by atoms with E-state index in [4.69, 9.17) is 11.6 Å². The number of carbonyl (C=O) groups is 1. The number of hydrogen-bond donors (Lipinski definition) is 1. The van der Waals surface area contributed by atoms with Crippen molar-refractivity contribution in [2.45, 2.75) is 19.4 Å². The molecule has 102 valence electrons. The highest BCUT2D eigenvalue weighted by Crippen LogP contribution is 2.31. The van der Waals surface area contributed by atoms with Gasteiger partial charge >= 0.3 is 0 Å². The number of anilines is 1. The number of likely N-dealkylation sites (N-methyl/N-ethyl adjacent to an activating group) is 1. The summed E-state index contributed by atoms with van der Waals surface area (Å²) in [7, 11) is 0. The molecule has 0 aliphatic carbocycles. The van der Waals surface area contributed by atoms with Gasteiger partial charge in [0.2, 0.25) is 5.91 Å². The lowest BCUT2D eigenvalue weighted by atomic mass is 10.2. The van der Waals surface area contributed by atoms with Crippen molar-refractivity contribution in [2.75, 3.05) is 18.0 Å². The van der Waals surface area contributed by atoms with Crippen molar-refractivity contribution in [3.05, 3.63) is 33.3 Å². The molecule has 0 spiro atoms. The lowest BCUT2D eigenvalue weighted by Crippen LogP contribution is -2.38. The minimum absolute atomic E-state index is 0.0570. The van der Waals surface area contributed by atoms with E-state index in [2.05, 4.69) is 5.32 Å². The smallest absolute Gasteiger partial charge is 0.289 e. The maximum Gasteiger partial charge on any atom is 0.289 e. The van der Waals surface area contributed by atoms with Crippen molar-refractivity contribution >= 4 is 28.9 Å². The molecule has 1 aliphatic heterocycles. The fourth-order valence-corrected chi connectivity index (χ4v) is 2.37. The molecule has 1 aliphatic rings. The van der Waals surface area contributed by atoms with Crippen LogP contribution in [0, 0.1) is 10.1 Å². The van der Waals surface area contributed by atoms with Crippen LogP contribution in [0.3, 0.4) is 0 Å². The molecule has 1 aromatic carbocycles. The molecule has 1 unspecified atom stereocenters. The van der Waals surface area contributed by atoms with Crippen molar-refractivity contribution < 1.29 is 9.72 Å². The molecule has 1 aromatic rings. The molecule has 2 rings (SSSR count). The van der Waals surface area contributed by atoms with Crippen LogP contribution in [-0.4, -0.2) is 30.0 Å². The standard InChI is InChI=1S/C12H14ClN3O3/c1-2-14-10-5-6-15(12(10)17)8-3-4-9(13)11(7-8)16(18)19/h3-4,7,10,14H,2,5-6H2,1H3. The molecule has 0 aromatic heterocycles. The predicted octanol–water partition coefficient (Wildman–Crippen LogP) is 1.96. The highest BCUT2D eigenvalue weighted by atomic mass is 35.5. The summed E-state index contributed by atoms with van der Waals surface area (Å²) in [5.74, 6) is -0.0570. The zero-order chi connectivity index (χ0) is 14.0. The van der Waals surface area contributed by atoms with E-state index in [9.17, 15) is 14.9 Å². The summed E-state index contributed by atoms with van der Waals surface area (Å²) in [6.07, 6.45) is 0.698. The normalized spacial score (nSPS) is 18.9. The van der Waals surface area contributed by atoms with E-state index in [0.29, 0.717) is 25.2 Å². The highest BCUT2D eigenvalue weighted by Gasteiger charge is 2.32. The van der Waals surface area contributed by atoms with Gasteiger partial charge in [-0.1, -0.05) is 18.5 Å². The number of benzene rings is 1. The zero-order valence-electron chi connectivity index (χ0n) is 10.4. The van der Waals surface area contributed by atoms with Gasteiger partial charge in [-0.2, -0.15) is 0 Å². The molecule has 1 saturated heterocycles. The van der Waals surface area contributed by atoms with Crippen molar-refractivity contribution in [3.8, 4) is 0 Å². The molecule has 6 nitrogen and oxygen atoms in total. The molecule has 1 amide bonds. The van der Waals surface area contributed by atoms with Gasteiger partial charge in [-0.05, 0) is 25.1 Å². The van der Waals surface area contributed by atoms with Crippen LogP contribution in [0.2, 0.25) is 5.02 Å². The molecule has 0 saturated carbocycles. The number of hydrogen-bond acceptors (Lipinski definition) is 4. The van der Waals surface area contributed by atoms with Crippen LogP contribution >= 0.6 is 11.6 Å². The van der Waals surface area contributed by atoms with Crippen LogP contribution in [0.15, 0.2) is 18.2 Å². The highest BCUT2D eigenvalue weighted by molar-refractivity contribution is 6.32. The van der Waals surface area contributed by atoms with Gasteiger partial charge in [0.05, 0.1) is 16.7 Å². The summed E-state index contributed by atoms with van der Waals surface area (Å²) in [4.78, 5) is 24.0. The van der Waals surface area contributed by atoms with Gasteiger partial charge < -0.3 is 10.2 Å². The van der Waals surface area contributed by atoms with Crippen LogP contribution < -0.4 is 10.2 Å². The second kappa shape index (κ2) is 5.54. The minimum Gasteiger partial charge on any atom is -0.311 e. The van der Waals surface area contributed by atoms with E-state index in [0.717, 1.165) is 0 Å². The first-order valence-corrected chi connectivity index (χ1v) is 6.41. The van der Waals surface area contributed by atoms with Crippen LogP contribution in [0.4, 0.5) is 11.4 Å². The number of nitrogens with zero attached hydrogens (tertiary/aromatic N) is 2. The molecule has 0 bridgehead atoms. The summed E-state index contributed by atoms with van der Waals surface area (Å²) in [6.45, 7) is 3.20. The average molecular weight is 284 g/mol. The van der Waals surface area contributed by atoms with Gasteiger partial charge in [0.25, 0.3) is 5.69 Å². The first kappa shape index (κ1) is 13.8. The lowest BCUT2D eigenvalue weighted by Gasteiger charge is -2.17. The number of rotatable bonds is 4. The Hall–Kier alpha value is -1.66.